The van der Waals surface area contributed by atoms with E-state index in [0.29, 0.717) is 5.92 Å². The molecule has 88 valence electrons. The summed E-state index contributed by atoms with van der Waals surface area (Å²) in [5.41, 5.74) is -0.827. The predicted molar refractivity (Wildman–Crippen MR) is 59.4 cm³/mol. The highest BCUT2D eigenvalue weighted by atomic mass is 35.5. The molecule has 2 rings (SSSR count). The first-order chi connectivity index (χ1) is 7.49. The number of nitrogens with one attached hydrogen (secondary N) is 1. The Kier molecular flexibility index (Phi) is 2.95. The van der Waals surface area contributed by atoms with Crippen molar-refractivity contribution in [3.8, 4) is 0 Å². The number of aliphatic hydroxyl groups is 1. The van der Waals surface area contributed by atoms with E-state index in [2.05, 4.69) is 5.32 Å². The Bertz CT molecular complexity index is 396. The SMILES string of the molecule is CC(O)(CNC(=O)c1ccc(Cl)o1)C1CC1. The van der Waals surface area contributed by atoms with Gasteiger partial charge in [-0.15, -0.1) is 0 Å². The second kappa shape index (κ2) is 4.11. The lowest BCUT2D eigenvalue weighted by molar-refractivity contribution is 0.0350. The van der Waals surface area contributed by atoms with Gasteiger partial charge in [-0.2, -0.15) is 0 Å². The van der Waals surface area contributed by atoms with Gasteiger partial charge in [-0.3, -0.25) is 4.79 Å². The molecule has 0 saturated heterocycles. The first kappa shape index (κ1) is 11.5. The Morgan fingerprint density at radius 3 is 2.88 bits per heavy atom. The molecule has 0 bridgehead atoms. The van der Waals surface area contributed by atoms with Gasteiger partial charge >= 0.3 is 0 Å². The standard InChI is InChI=1S/C11H14ClNO3/c1-11(15,7-2-3-7)6-13-10(14)8-4-5-9(12)16-8/h4-5,7,15H,2-3,6H2,1H3,(H,13,14). The molecule has 2 N–H and O–H groups in total. The molecule has 1 aromatic rings. The molecule has 1 aliphatic rings. The van der Waals surface area contributed by atoms with Crippen molar-refractivity contribution in [2.45, 2.75) is 25.4 Å². The molecule has 0 aliphatic heterocycles. The van der Waals surface area contributed by atoms with Crippen LogP contribution in [0.4, 0.5) is 0 Å². The molecule has 1 aliphatic carbocycles. The van der Waals surface area contributed by atoms with E-state index in [9.17, 15) is 9.90 Å². The van der Waals surface area contributed by atoms with E-state index in [-0.39, 0.29) is 23.4 Å². The number of hydrogen-bond donors (Lipinski definition) is 2. The summed E-state index contributed by atoms with van der Waals surface area (Å²) >= 11 is 5.56. The molecular formula is C11H14ClNO3. The quantitative estimate of drug-likeness (QED) is 0.848. The minimum atomic E-state index is -0.827. The van der Waals surface area contributed by atoms with Gasteiger partial charge in [0, 0.05) is 6.54 Å². The average Bonchev–Trinajstić information content (AvgIpc) is 2.99. The van der Waals surface area contributed by atoms with Crippen LogP contribution in [0.5, 0.6) is 0 Å². The second-order valence-corrected chi connectivity index (χ2v) is 4.79. The van der Waals surface area contributed by atoms with Crippen LogP contribution in [0.15, 0.2) is 16.5 Å². The fraction of sp³-hybridized carbons (Fsp3) is 0.545. The molecule has 1 fully saturated rings. The van der Waals surface area contributed by atoms with E-state index in [0.717, 1.165) is 12.8 Å². The van der Waals surface area contributed by atoms with E-state index >= 15 is 0 Å². The Hall–Kier alpha value is -1.00. The predicted octanol–water partition coefficient (Wildman–Crippen LogP) is 1.82. The molecule has 1 heterocycles. The van der Waals surface area contributed by atoms with Gasteiger partial charge in [-0.1, -0.05) is 0 Å². The Balaban J connectivity index is 1.88. The molecule has 1 atom stereocenters. The van der Waals surface area contributed by atoms with Crippen molar-refractivity contribution < 1.29 is 14.3 Å². The van der Waals surface area contributed by atoms with Crippen LogP contribution < -0.4 is 5.32 Å². The summed E-state index contributed by atoms with van der Waals surface area (Å²) in [4.78, 5) is 11.6. The molecule has 0 radical (unpaired) electrons. The Labute approximate surface area is 98.6 Å². The Morgan fingerprint density at radius 1 is 1.69 bits per heavy atom. The molecule has 16 heavy (non-hydrogen) atoms. The summed E-state index contributed by atoms with van der Waals surface area (Å²) in [5, 5.41) is 12.8. The molecule has 1 amide bonds. The monoisotopic (exact) mass is 243 g/mol. The van der Waals surface area contributed by atoms with Gasteiger partial charge in [0.05, 0.1) is 5.60 Å². The molecule has 0 aromatic carbocycles. The van der Waals surface area contributed by atoms with Gasteiger partial charge in [0.15, 0.2) is 11.0 Å². The van der Waals surface area contributed by atoms with Crippen LogP contribution >= 0.6 is 11.6 Å². The summed E-state index contributed by atoms with van der Waals surface area (Å²) in [6, 6.07) is 3.01. The molecule has 1 aromatic heterocycles. The van der Waals surface area contributed by atoms with E-state index in [1.807, 2.05) is 0 Å². The summed E-state index contributed by atoms with van der Waals surface area (Å²) in [6.07, 6.45) is 2.05. The van der Waals surface area contributed by atoms with Crippen molar-refractivity contribution >= 4 is 17.5 Å². The van der Waals surface area contributed by atoms with Crippen molar-refractivity contribution in [1.82, 2.24) is 5.32 Å². The maximum Gasteiger partial charge on any atom is 0.287 e. The third kappa shape index (κ3) is 2.57. The van der Waals surface area contributed by atoms with E-state index in [1.165, 1.54) is 12.1 Å². The minimum Gasteiger partial charge on any atom is -0.440 e. The van der Waals surface area contributed by atoms with Crippen LogP contribution in [-0.2, 0) is 0 Å². The zero-order chi connectivity index (χ0) is 11.8. The van der Waals surface area contributed by atoms with Crippen molar-refractivity contribution in [2.75, 3.05) is 6.54 Å². The van der Waals surface area contributed by atoms with Gasteiger partial charge in [-0.25, -0.2) is 0 Å². The first-order valence-electron chi connectivity index (χ1n) is 5.25. The first-order valence-corrected chi connectivity index (χ1v) is 5.63. The zero-order valence-electron chi connectivity index (χ0n) is 9.00. The second-order valence-electron chi connectivity index (χ2n) is 4.42. The van der Waals surface area contributed by atoms with E-state index in [4.69, 9.17) is 16.0 Å². The number of rotatable bonds is 4. The highest BCUT2D eigenvalue weighted by Crippen LogP contribution is 2.39. The van der Waals surface area contributed by atoms with Crippen molar-refractivity contribution in [3.05, 3.63) is 23.1 Å². The minimum absolute atomic E-state index is 0.164. The molecule has 5 heteroatoms. The third-order valence-corrected chi connectivity index (χ3v) is 3.06. The maximum absolute atomic E-state index is 11.6. The van der Waals surface area contributed by atoms with Crippen LogP contribution in [0.2, 0.25) is 5.22 Å². The highest BCUT2D eigenvalue weighted by molar-refractivity contribution is 6.29. The normalized spacial score (nSPS) is 19.2. The average molecular weight is 244 g/mol. The largest absolute Gasteiger partial charge is 0.440 e. The van der Waals surface area contributed by atoms with Crippen molar-refractivity contribution in [1.29, 1.82) is 0 Å². The van der Waals surface area contributed by atoms with Crippen LogP contribution in [0.25, 0.3) is 0 Å². The van der Waals surface area contributed by atoms with Gasteiger partial charge in [0.25, 0.3) is 5.91 Å². The molecule has 0 spiro atoms. The third-order valence-electron chi connectivity index (χ3n) is 2.86. The number of halogens is 1. The summed E-state index contributed by atoms with van der Waals surface area (Å²) < 4.78 is 4.96. The van der Waals surface area contributed by atoms with Gasteiger partial charge in [0.1, 0.15) is 0 Å². The van der Waals surface area contributed by atoms with Crippen LogP contribution in [-0.4, -0.2) is 23.2 Å². The summed E-state index contributed by atoms with van der Waals surface area (Å²) in [5.74, 6) is 0.109. The highest BCUT2D eigenvalue weighted by Gasteiger charge is 2.40. The van der Waals surface area contributed by atoms with Crippen LogP contribution in [0.3, 0.4) is 0 Å². The number of carbonyl (C=O) groups excluding carboxylic acids is 1. The van der Waals surface area contributed by atoms with Gasteiger partial charge < -0.3 is 14.8 Å². The molecule has 1 saturated carbocycles. The maximum atomic E-state index is 11.6. The summed E-state index contributed by atoms with van der Waals surface area (Å²) in [6.45, 7) is 1.97. The number of amides is 1. The topological polar surface area (TPSA) is 62.5 Å². The number of carbonyl (C=O) groups is 1. The lowest BCUT2D eigenvalue weighted by atomic mass is 10.0. The number of hydrogen-bond acceptors (Lipinski definition) is 3. The Morgan fingerprint density at radius 2 is 2.38 bits per heavy atom. The van der Waals surface area contributed by atoms with E-state index < -0.39 is 5.60 Å². The fourth-order valence-corrected chi connectivity index (χ4v) is 1.78. The van der Waals surface area contributed by atoms with E-state index in [1.54, 1.807) is 6.92 Å². The molecule has 1 unspecified atom stereocenters. The van der Waals surface area contributed by atoms with Crippen molar-refractivity contribution in [3.63, 3.8) is 0 Å². The van der Waals surface area contributed by atoms with Crippen LogP contribution in [0, 0.1) is 5.92 Å². The van der Waals surface area contributed by atoms with Crippen molar-refractivity contribution in [2.24, 2.45) is 5.92 Å². The fourth-order valence-electron chi connectivity index (χ4n) is 1.63. The zero-order valence-corrected chi connectivity index (χ0v) is 9.75. The van der Waals surface area contributed by atoms with Gasteiger partial charge in [-0.05, 0) is 49.4 Å². The summed E-state index contributed by atoms with van der Waals surface area (Å²) in [7, 11) is 0. The number of furan rings is 1. The molecular weight excluding hydrogens is 230 g/mol. The van der Waals surface area contributed by atoms with Gasteiger partial charge in [0.2, 0.25) is 0 Å². The lowest BCUT2D eigenvalue weighted by Gasteiger charge is -2.22. The van der Waals surface area contributed by atoms with Crippen LogP contribution in [0.1, 0.15) is 30.3 Å². The smallest absolute Gasteiger partial charge is 0.287 e. The lowest BCUT2D eigenvalue weighted by Crippen LogP contribution is -2.42. The molecule has 4 nitrogen and oxygen atoms in total.